The van der Waals surface area contributed by atoms with Crippen molar-refractivity contribution in [3.8, 4) is 0 Å². The molecule has 0 bridgehead atoms. The molecule has 0 aromatic heterocycles. The highest BCUT2D eigenvalue weighted by atomic mass is 14.9. The molecule has 102 valence electrons. The van der Waals surface area contributed by atoms with Gasteiger partial charge in [-0.1, -0.05) is 59.3 Å². The van der Waals surface area contributed by atoms with Gasteiger partial charge in [-0.05, 0) is 37.6 Å². The van der Waals surface area contributed by atoms with Crippen LogP contribution in [0.4, 0.5) is 0 Å². The van der Waals surface area contributed by atoms with E-state index >= 15 is 0 Å². The number of nitrogens with one attached hydrogen (secondary N) is 1. The van der Waals surface area contributed by atoms with Crippen LogP contribution in [0.5, 0.6) is 0 Å². The highest BCUT2D eigenvalue weighted by Crippen LogP contribution is 2.29. The molecule has 0 saturated heterocycles. The van der Waals surface area contributed by atoms with Crippen LogP contribution >= 0.6 is 0 Å². The number of rotatable bonds is 8. The monoisotopic (exact) mass is 239 g/mol. The van der Waals surface area contributed by atoms with Crippen LogP contribution in [0.25, 0.3) is 0 Å². The highest BCUT2D eigenvalue weighted by molar-refractivity contribution is 4.72. The molecule has 1 heteroatoms. The first-order valence-electron chi connectivity index (χ1n) is 7.99. The molecule has 0 aliphatic heterocycles. The Morgan fingerprint density at radius 2 is 1.59 bits per heavy atom. The summed E-state index contributed by atoms with van der Waals surface area (Å²) in [5.41, 5.74) is 0. The summed E-state index contributed by atoms with van der Waals surface area (Å²) in [6, 6.07) is 0.785. The van der Waals surface area contributed by atoms with Crippen molar-refractivity contribution in [3.05, 3.63) is 0 Å². The third-order valence-corrected chi connectivity index (χ3v) is 4.40. The zero-order chi connectivity index (χ0) is 12.5. The lowest BCUT2D eigenvalue weighted by atomic mass is 9.81. The fourth-order valence-electron chi connectivity index (χ4n) is 3.15. The molecule has 1 aliphatic carbocycles. The molecule has 1 fully saturated rings. The number of hydrogen-bond donors (Lipinski definition) is 1. The fraction of sp³-hybridized carbons (Fsp3) is 1.00. The molecule has 0 aromatic carbocycles. The van der Waals surface area contributed by atoms with E-state index < -0.39 is 0 Å². The van der Waals surface area contributed by atoms with Gasteiger partial charge in [-0.15, -0.1) is 0 Å². The second-order valence-electron chi connectivity index (χ2n) is 6.14. The average molecular weight is 239 g/mol. The van der Waals surface area contributed by atoms with Crippen molar-refractivity contribution in [2.45, 2.75) is 84.6 Å². The highest BCUT2D eigenvalue weighted by Gasteiger charge is 2.17. The Labute approximate surface area is 109 Å². The van der Waals surface area contributed by atoms with Gasteiger partial charge in [-0.3, -0.25) is 0 Å². The van der Waals surface area contributed by atoms with E-state index in [0.717, 1.165) is 17.9 Å². The minimum Gasteiger partial charge on any atom is -0.314 e. The van der Waals surface area contributed by atoms with Gasteiger partial charge in [-0.25, -0.2) is 0 Å². The maximum absolute atomic E-state index is 3.78. The molecule has 1 saturated carbocycles. The van der Waals surface area contributed by atoms with Gasteiger partial charge in [0.2, 0.25) is 0 Å². The number of hydrogen-bond acceptors (Lipinski definition) is 1. The van der Waals surface area contributed by atoms with Crippen molar-refractivity contribution in [2.24, 2.45) is 11.8 Å². The van der Waals surface area contributed by atoms with Gasteiger partial charge in [0.25, 0.3) is 0 Å². The van der Waals surface area contributed by atoms with E-state index in [2.05, 4.69) is 26.1 Å². The predicted octanol–water partition coefficient (Wildman–Crippen LogP) is 4.76. The molecule has 0 spiro atoms. The maximum atomic E-state index is 3.78. The first-order valence-corrected chi connectivity index (χ1v) is 7.99. The van der Waals surface area contributed by atoms with E-state index in [1.165, 1.54) is 64.3 Å². The van der Waals surface area contributed by atoms with E-state index in [4.69, 9.17) is 0 Å². The van der Waals surface area contributed by atoms with E-state index in [0.29, 0.717) is 0 Å². The maximum Gasteiger partial charge on any atom is 0.00668 e. The summed E-state index contributed by atoms with van der Waals surface area (Å²) >= 11 is 0. The molecule has 0 unspecified atom stereocenters. The molecule has 0 aromatic rings. The quantitative estimate of drug-likeness (QED) is 0.644. The fourth-order valence-corrected chi connectivity index (χ4v) is 3.15. The standard InChI is InChI=1S/C16H33N/c1-4-6-16(7-5-2)17-13-12-15-10-8-14(3)9-11-15/h14-17H,4-13H2,1-3H3. The van der Waals surface area contributed by atoms with Gasteiger partial charge >= 0.3 is 0 Å². The lowest BCUT2D eigenvalue weighted by Gasteiger charge is -2.27. The molecule has 1 aliphatic rings. The van der Waals surface area contributed by atoms with Crippen LogP contribution < -0.4 is 5.32 Å². The SMILES string of the molecule is CCCC(CCC)NCCC1CCC(C)CC1. The summed E-state index contributed by atoms with van der Waals surface area (Å²) in [7, 11) is 0. The van der Waals surface area contributed by atoms with Crippen molar-refractivity contribution < 1.29 is 0 Å². The third kappa shape index (κ3) is 6.45. The van der Waals surface area contributed by atoms with Crippen LogP contribution in [0, 0.1) is 11.8 Å². The Kier molecular flexibility index (Phi) is 7.92. The van der Waals surface area contributed by atoms with E-state index in [9.17, 15) is 0 Å². The Bertz CT molecular complexity index is 164. The predicted molar refractivity (Wildman–Crippen MR) is 77.3 cm³/mol. The Morgan fingerprint density at radius 3 is 2.12 bits per heavy atom. The Balaban J connectivity index is 2.08. The van der Waals surface area contributed by atoms with Crippen LogP contribution in [0.15, 0.2) is 0 Å². The molecule has 1 nitrogen and oxygen atoms in total. The van der Waals surface area contributed by atoms with Crippen molar-refractivity contribution in [1.82, 2.24) is 5.32 Å². The van der Waals surface area contributed by atoms with Crippen molar-refractivity contribution in [2.75, 3.05) is 6.54 Å². The van der Waals surface area contributed by atoms with Crippen molar-refractivity contribution >= 4 is 0 Å². The lowest BCUT2D eigenvalue weighted by molar-refractivity contribution is 0.270. The van der Waals surface area contributed by atoms with Crippen molar-refractivity contribution in [1.29, 1.82) is 0 Å². The zero-order valence-corrected chi connectivity index (χ0v) is 12.3. The summed E-state index contributed by atoms with van der Waals surface area (Å²) in [6.07, 6.45) is 12.7. The van der Waals surface area contributed by atoms with Crippen LogP contribution in [-0.4, -0.2) is 12.6 Å². The van der Waals surface area contributed by atoms with Gasteiger partial charge in [0, 0.05) is 6.04 Å². The van der Waals surface area contributed by atoms with E-state index in [1.54, 1.807) is 0 Å². The largest absolute Gasteiger partial charge is 0.314 e. The van der Waals surface area contributed by atoms with Crippen molar-refractivity contribution in [3.63, 3.8) is 0 Å². The minimum absolute atomic E-state index is 0.785. The van der Waals surface area contributed by atoms with Crippen LogP contribution in [0.2, 0.25) is 0 Å². The van der Waals surface area contributed by atoms with Gasteiger partial charge < -0.3 is 5.32 Å². The zero-order valence-electron chi connectivity index (χ0n) is 12.3. The van der Waals surface area contributed by atoms with Gasteiger partial charge in [0.15, 0.2) is 0 Å². The lowest BCUT2D eigenvalue weighted by Crippen LogP contribution is -2.31. The second kappa shape index (κ2) is 8.97. The molecule has 0 amide bonds. The molecule has 0 heterocycles. The topological polar surface area (TPSA) is 12.0 Å². The van der Waals surface area contributed by atoms with Gasteiger partial charge in [0.1, 0.15) is 0 Å². The van der Waals surface area contributed by atoms with Crippen LogP contribution in [-0.2, 0) is 0 Å². The van der Waals surface area contributed by atoms with Gasteiger partial charge in [0.05, 0.1) is 0 Å². The van der Waals surface area contributed by atoms with Crippen LogP contribution in [0.3, 0.4) is 0 Å². The van der Waals surface area contributed by atoms with E-state index in [-0.39, 0.29) is 0 Å². The Hall–Kier alpha value is -0.0400. The van der Waals surface area contributed by atoms with Crippen LogP contribution in [0.1, 0.15) is 78.6 Å². The van der Waals surface area contributed by atoms with Gasteiger partial charge in [-0.2, -0.15) is 0 Å². The molecule has 0 atom stereocenters. The summed E-state index contributed by atoms with van der Waals surface area (Å²) in [5.74, 6) is 2.01. The minimum atomic E-state index is 0.785. The van der Waals surface area contributed by atoms with E-state index in [1.807, 2.05) is 0 Å². The molecular formula is C16H33N. The molecule has 0 radical (unpaired) electrons. The summed E-state index contributed by atoms with van der Waals surface area (Å²) < 4.78 is 0. The Morgan fingerprint density at radius 1 is 1.00 bits per heavy atom. The second-order valence-corrected chi connectivity index (χ2v) is 6.14. The molecule has 1 rings (SSSR count). The summed E-state index contributed by atoms with van der Waals surface area (Å²) in [6.45, 7) is 8.26. The smallest absolute Gasteiger partial charge is 0.00668 e. The summed E-state index contributed by atoms with van der Waals surface area (Å²) in [5, 5.41) is 3.78. The molecule has 1 N–H and O–H groups in total. The first-order chi connectivity index (χ1) is 8.26. The average Bonchev–Trinajstić information content (AvgIpc) is 2.32. The molecular weight excluding hydrogens is 206 g/mol. The first kappa shape index (κ1) is 15.0. The summed E-state index contributed by atoms with van der Waals surface area (Å²) in [4.78, 5) is 0. The third-order valence-electron chi connectivity index (χ3n) is 4.40. The molecule has 17 heavy (non-hydrogen) atoms. The normalized spacial score (nSPS) is 25.4.